The van der Waals surface area contributed by atoms with Gasteiger partial charge in [-0.15, -0.1) is 16.4 Å². The van der Waals surface area contributed by atoms with Gasteiger partial charge < -0.3 is 32.8 Å². The van der Waals surface area contributed by atoms with Gasteiger partial charge in [0.05, 0.1) is 80.9 Å². The first-order valence-electron chi connectivity index (χ1n) is 44.4. The number of thiophene rings is 1. The van der Waals surface area contributed by atoms with Crippen LogP contribution in [0.3, 0.4) is 0 Å². The lowest BCUT2D eigenvalue weighted by atomic mass is 10.1. The Morgan fingerprint density at radius 1 is 0.292 bits per heavy atom. The molecule has 20 nitrogen and oxygen atoms in total. The predicted molar refractivity (Wildman–Crippen MR) is 532 cm³/mol. The average Bonchev–Trinajstić information content (AvgIpc) is 1.62. The first kappa shape index (κ1) is 82.6. The molecule has 0 unspecified atom stereocenters. The van der Waals surface area contributed by atoms with Crippen molar-refractivity contribution in [2.75, 3.05) is 20.7 Å². The summed E-state index contributed by atoms with van der Waals surface area (Å²) >= 11 is 1.74. The molecule has 0 atom stereocenters. The molecule has 0 saturated carbocycles. The molecule has 0 radical (unpaired) electrons. The van der Waals surface area contributed by atoms with Gasteiger partial charge in [-0.3, -0.25) is 4.98 Å². The number of nitrogens with zero attached hydrogens (tertiary/aromatic N) is 19. The molecule has 0 fully saturated rings. The molecule has 0 saturated heterocycles. The summed E-state index contributed by atoms with van der Waals surface area (Å²) in [5, 5.41) is 54.9. The second-order valence-electron chi connectivity index (χ2n) is 32.3. The molecule has 0 bridgehead atoms. The fourth-order valence-electron chi connectivity index (χ4n) is 18.8. The smallest absolute Gasteiger partial charge is 0.111 e. The highest BCUT2D eigenvalue weighted by atomic mass is 32.1. The molecule has 24 aromatic rings. The monoisotopic (exact) mass is 1720 g/mol. The van der Waals surface area contributed by atoms with Crippen molar-refractivity contribution in [1.82, 2.24) is 91.8 Å². The zero-order valence-corrected chi connectivity index (χ0v) is 74.4. The lowest BCUT2D eigenvalue weighted by Gasteiger charge is -2.11. The van der Waals surface area contributed by atoms with Gasteiger partial charge >= 0.3 is 0 Å². The molecule has 13 aromatic heterocycles. The number of para-hydroxylation sites is 5. The molecule has 130 heavy (non-hydrogen) atoms. The molecule has 24 rings (SSSR count). The standard InChI is InChI=1S/C26H26N4.C22H18N4.C21H17N5.C21H17N3S.C19H19N3O/c1-4-29-25-8-6-5-7-22(25)23-17-21(13-14-26(23)29)30-24(15-16-27-30)20-11-9-19(10-12-20)18-28(2)3;1-2-25-21-6-4-3-5-18(21)19-15-17(7-8-22(19)25)26-20(11-14-24-26)16-9-12-23-13-10-16;1-2-25-19-8-4-3-6-16(19)17-14-15(9-10-20(17)25)26-21(11-13-23-26)18-7-5-12-22-24-18;1-2-23-18-7-4-3-6-16(18)17-14-15(9-10-19(17)23)24-20(11-12-22-24)21-8-5-13-25-21;1-2-21-18-6-4-3-5-16(18)17-13-15(7-8-19(17)21)22-14(10-12-23)9-11-20-22/h5-17H,4,18H2,1-3H3;3-15H,2H2,1H3;3-14H,2H2,1H3;3-14H,2H2,1H3;3-9,11,13,23H,2,10,12H2,1H3. The van der Waals surface area contributed by atoms with Crippen molar-refractivity contribution in [1.29, 1.82) is 0 Å². The van der Waals surface area contributed by atoms with Gasteiger partial charge in [-0.2, -0.15) is 30.6 Å². The van der Waals surface area contributed by atoms with Crippen molar-refractivity contribution in [2.45, 2.75) is 80.3 Å². The van der Waals surface area contributed by atoms with E-state index in [0.717, 1.165) is 107 Å². The van der Waals surface area contributed by atoms with E-state index in [1.54, 1.807) is 29.9 Å². The van der Waals surface area contributed by atoms with Gasteiger partial charge in [0.25, 0.3) is 0 Å². The van der Waals surface area contributed by atoms with Crippen LogP contribution in [0.1, 0.15) is 45.9 Å². The van der Waals surface area contributed by atoms with Gasteiger partial charge in [-0.1, -0.05) is 121 Å². The summed E-state index contributed by atoms with van der Waals surface area (Å²) in [6, 6.07) is 107. The number of hydrogen-bond donors (Lipinski definition) is 1. The number of rotatable bonds is 18. The minimum absolute atomic E-state index is 0.128. The minimum Gasteiger partial charge on any atom is -0.396 e. The molecular weight excluding hydrogens is 1620 g/mol. The predicted octanol–water partition coefficient (Wildman–Crippen LogP) is 24.5. The van der Waals surface area contributed by atoms with Crippen LogP contribution in [-0.2, 0) is 45.7 Å². The van der Waals surface area contributed by atoms with Crippen LogP contribution in [0.5, 0.6) is 0 Å². The molecule has 0 spiro atoms. The highest BCUT2D eigenvalue weighted by molar-refractivity contribution is 7.13. The Bertz CT molecular complexity index is 7930. The minimum atomic E-state index is 0.128. The summed E-state index contributed by atoms with van der Waals surface area (Å²) in [7, 11) is 4.18. The second kappa shape index (κ2) is 36.3. The van der Waals surface area contributed by atoms with Crippen LogP contribution in [0.15, 0.2) is 358 Å². The van der Waals surface area contributed by atoms with E-state index in [1.165, 1.54) is 125 Å². The first-order valence-corrected chi connectivity index (χ1v) is 45.3. The van der Waals surface area contributed by atoms with Crippen LogP contribution in [0, 0.1) is 0 Å². The van der Waals surface area contributed by atoms with Gasteiger partial charge in [-0.05, 0) is 242 Å². The summed E-state index contributed by atoms with van der Waals surface area (Å²) in [5.41, 5.74) is 27.6. The quantitative estimate of drug-likeness (QED) is 0.0870. The Labute approximate surface area is 755 Å². The normalized spacial score (nSPS) is 11.5. The molecule has 1 N–H and O–H groups in total. The van der Waals surface area contributed by atoms with E-state index in [2.05, 4.69) is 383 Å². The number of benzene rings is 11. The topological polar surface area (TPSA) is 176 Å². The van der Waals surface area contributed by atoms with Crippen molar-refractivity contribution < 1.29 is 5.11 Å². The van der Waals surface area contributed by atoms with Crippen molar-refractivity contribution >= 4 is 120 Å². The fraction of sp³-hybridized carbons (Fsp3) is 0.138. The fourth-order valence-corrected chi connectivity index (χ4v) is 19.6. The summed E-state index contributed by atoms with van der Waals surface area (Å²) in [6.07, 6.45) is 15.1. The first-order chi connectivity index (χ1) is 64.1. The number of aliphatic hydroxyl groups excluding tert-OH is 1. The Kier molecular flexibility index (Phi) is 23.1. The molecule has 11 aromatic carbocycles. The Morgan fingerprint density at radius 3 is 0.992 bits per heavy atom. The molecule has 0 aliphatic heterocycles. The van der Waals surface area contributed by atoms with E-state index in [1.807, 2.05) is 96.9 Å². The van der Waals surface area contributed by atoms with Crippen LogP contribution in [0.2, 0.25) is 0 Å². The van der Waals surface area contributed by atoms with E-state index < -0.39 is 0 Å². The summed E-state index contributed by atoms with van der Waals surface area (Å²) in [6.45, 7) is 16.8. The number of aryl methyl sites for hydroxylation is 5. The third-order valence-electron chi connectivity index (χ3n) is 24.6. The Hall–Kier alpha value is -15.7. The lowest BCUT2D eigenvalue weighted by molar-refractivity contribution is 0.297. The summed E-state index contributed by atoms with van der Waals surface area (Å²) < 4.78 is 21.7. The van der Waals surface area contributed by atoms with Gasteiger partial charge in [-0.25, -0.2) is 23.4 Å². The average molecular weight is 1720 g/mol. The maximum absolute atomic E-state index is 9.21. The van der Waals surface area contributed by atoms with E-state index in [9.17, 15) is 5.11 Å². The van der Waals surface area contributed by atoms with Crippen LogP contribution in [0.25, 0.3) is 182 Å². The van der Waals surface area contributed by atoms with Gasteiger partial charge in [0.15, 0.2) is 0 Å². The third kappa shape index (κ3) is 15.4. The second-order valence-corrected chi connectivity index (χ2v) is 33.2. The van der Waals surface area contributed by atoms with Gasteiger partial charge in [0.1, 0.15) is 5.69 Å². The van der Waals surface area contributed by atoms with E-state index in [4.69, 9.17) is 0 Å². The zero-order valence-electron chi connectivity index (χ0n) is 73.6. The maximum Gasteiger partial charge on any atom is 0.111 e. The summed E-state index contributed by atoms with van der Waals surface area (Å²) in [5.74, 6) is 0. The number of hydrogen-bond acceptors (Lipinski definition) is 11. The number of aromatic nitrogens is 18. The van der Waals surface area contributed by atoms with E-state index in [-0.39, 0.29) is 6.61 Å². The van der Waals surface area contributed by atoms with Crippen LogP contribution < -0.4 is 0 Å². The molecule has 0 amide bonds. The SMILES string of the molecule is CCn1c2ccccc2c2cc(-n3nccc3-c3ccc(CN(C)C)cc3)ccc21.CCn1c2ccccc2c2cc(-n3nccc3-c3cccnn3)ccc21.CCn1c2ccccc2c2cc(-n3nccc3-c3cccs3)ccc21.CCn1c2ccccc2c2cc(-n3nccc3-c3ccncc3)ccc21.CCn1c2ccccc2c2cc(-n3nccc3CCO)ccc21. The number of aliphatic hydroxyl groups is 1. The zero-order chi connectivity index (χ0) is 88.3. The highest BCUT2D eigenvalue weighted by Crippen LogP contribution is 2.39. The number of fused-ring (bicyclic) bond motifs is 15. The summed E-state index contributed by atoms with van der Waals surface area (Å²) in [4.78, 5) is 7.52. The van der Waals surface area contributed by atoms with E-state index >= 15 is 0 Å². The third-order valence-corrected chi connectivity index (χ3v) is 25.5. The molecule has 21 heteroatoms. The van der Waals surface area contributed by atoms with Crippen molar-refractivity contribution in [3.05, 3.63) is 370 Å². The van der Waals surface area contributed by atoms with Crippen molar-refractivity contribution in [2.24, 2.45) is 0 Å². The van der Waals surface area contributed by atoms with Crippen molar-refractivity contribution in [3.8, 4) is 72.9 Å². The van der Waals surface area contributed by atoms with Crippen LogP contribution >= 0.6 is 11.3 Å². The Morgan fingerprint density at radius 2 is 0.631 bits per heavy atom. The molecule has 0 aliphatic carbocycles. The van der Waals surface area contributed by atoms with Gasteiger partial charge in [0, 0.05) is 203 Å². The van der Waals surface area contributed by atoms with E-state index in [0.29, 0.717) is 6.42 Å². The maximum atomic E-state index is 9.21. The molecular formula is C109H97N19OS. The van der Waals surface area contributed by atoms with Crippen molar-refractivity contribution in [3.63, 3.8) is 0 Å². The molecule has 0 aliphatic rings. The Balaban J connectivity index is 0.000000102. The van der Waals surface area contributed by atoms with Crippen LogP contribution in [0.4, 0.5) is 0 Å². The van der Waals surface area contributed by atoms with Crippen LogP contribution in [-0.4, -0.2) is 118 Å². The molecule has 13 heterocycles. The largest absolute Gasteiger partial charge is 0.396 e. The van der Waals surface area contributed by atoms with Gasteiger partial charge in [0.2, 0.25) is 0 Å². The highest BCUT2D eigenvalue weighted by Gasteiger charge is 2.21. The molecule has 640 valence electrons. The number of pyridine rings is 1. The lowest BCUT2D eigenvalue weighted by Crippen LogP contribution is -2.10.